The minimum absolute atomic E-state index is 0.134. The summed E-state index contributed by atoms with van der Waals surface area (Å²) < 4.78 is 30.7. The second-order valence-corrected chi connectivity index (χ2v) is 10.2. The standard InChI is InChI=1S/C21H21N2O4PS/c1-13-9-18(20-15(14(13)2)10-19-21(20)23-11-29-19)25-12-28(24)26-8-6-17(27-28)16-5-3-4-7-22-16/h3-5,7,9,11,17H,6,8,10,12H2,1-2H3/t17-,28+/m0/s1. The van der Waals surface area contributed by atoms with E-state index >= 15 is 0 Å². The van der Waals surface area contributed by atoms with Crippen LogP contribution in [0.3, 0.4) is 0 Å². The van der Waals surface area contributed by atoms with E-state index in [9.17, 15) is 4.57 Å². The average Bonchev–Trinajstić information content (AvgIpc) is 3.32. The molecule has 0 unspecified atom stereocenters. The molecule has 6 nitrogen and oxygen atoms in total. The van der Waals surface area contributed by atoms with E-state index in [0.717, 1.165) is 28.9 Å². The van der Waals surface area contributed by atoms with Crippen LogP contribution in [0.5, 0.6) is 5.75 Å². The molecule has 2 atom stereocenters. The van der Waals surface area contributed by atoms with Gasteiger partial charge in [-0.2, -0.15) is 0 Å². The van der Waals surface area contributed by atoms with Crippen molar-refractivity contribution in [3.05, 3.63) is 63.2 Å². The van der Waals surface area contributed by atoms with Crippen molar-refractivity contribution in [1.82, 2.24) is 9.97 Å². The largest absolute Gasteiger partial charge is 0.480 e. The van der Waals surface area contributed by atoms with Gasteiger partial charge < -0.3 is 9.26 Å². The number of ether oxygens (including phenoxy) is 1. The maximum Gasteiger partial charge on any atom is 0.368 e. The minimum Gasteiger partial charge on any atom is -0.480 e. The Labute approximate surface area is 173 Å². The number of thiazole rings is 1. The predicted octanol–water partition coefficient (Wildman–Crippen LogP) is 5.43. The number of benzene rings is 1. The quantitative estimate of drug-likeness (QED) is 0.404. The molecule has 0 radical (unpaired) electrons. The van der Waals surface area contributed by atoms with Gasteiger partial charge in [0, 0.05) is 29.5 Å². The third-order valence-electron chi connectivity index (χ3n) is 5.51. The van der Waals surface area contributed by atoms with E-state index in [1.807, 2.05) is 29.8 Å². The molecule has 1 saturated heterocycles. The molecule has 1 aliphatic heterocycles. The van der Waals surface area contributed by atoms with Crippen LogP contribution in [0.1, 0.15) is 39.8 Å². The normalized spacial score (nSPS) is 22.9. The van der Waals surface area contributed by atoms with Crippen LogP contribution < -0.4 is 4.74 Å². The molecular weight excluding hydrogens is 407 g/mol. The zero-order valence-corrected chi connectivity index (χ0v) is 18.0. The molecule has 0 saturated carbocycles. The lowest BCUT2D eigenvalue weighted by Gasteiger charge is -2.29. The number of aromatic nitrogens is 2. The molecule has 3 heterocycles. The van der Waals surface area contributed by atoms with Crippen molar-refractivity contribution in [2.75, 3.05) is 13.0 Å². The van der Waals surface area contributed by atoms with Gasteiger partial charge in [-0.1, -0.05) is 6.07 Å². The van der Waals surface area contributed by atoms with E-state index in [1.165, 1.54) is 16.0 Å². The summed E-state index contributed by atoms with van der Waals surface area (Å²) in [5, 5.41) is 0. The molecule has 2 aromatic heterocycles. The van der Waals surface area contributed by atoms with Crippen LogP contribution in [0, 0.1) is 13.8 Å². The van der Waals surface area contributed by atoms with Gasteiger partial charge >= 0.3 is 7.60 Å². The molecule has 1 fully saturated rings. The van der Waals surface area contributed by atoms with E-state index in [1.54, 1.807) is 17.5 Å². The number of nitrogens with zero attached hydrogens (tertiary/aromatic N) is 2. The van der Waals surface area contributed by atoms with E-state index < -0.39 is 7.60 Å². The van der Waals surface area contributed by atoms with Gasteiger partial charge in [-0.15, -0.1) is 11.3 Å². The maximum absolute atomic E-state index is 13.2. The Kier molecular flexibility index (Phi) is 4.79. The highest BCUT2D eigenvalue weighted by Crippen LogP contribution is 2.56. The molecule has 1 aliphatic carbocycles. The lowest BCUT2D eigenvalue weighted by atomic mass is 9.98. The van der Waals surface area contributed by atoms with Crippen LogP contribution in [0.25, 0.3) is 11.3 Å². The molecule has 5 rings (SSSR count). The van der Waals surface area contributed by atoms with Crippen LogP contribution in [0.15, 0.2) is 36.0 Å². The second-order valence-electron chi connectivity index (χ2n) is 7.33. The number of fused-ring (bicyclic) bond motifs is 3. The zero-order valence-electron chi connectivity index (χ0n) is 16.3. The van der Waals surface area contributed by atoms with Crippen LogP contribution >= 0.6 is 18.9 Å². The van der Waals surface area contributed by atoms with Crippen molar-refractivity contribution in [3.63, 3.8) is 0 Å². The van der Waals surface area contributed by atoms with Crippen LogP contribution in [-0.4, -0.2) is 22.9 Å². The zero-order chi connectivity index (χ0) is 20.0. The number of hydrogen-bond acceptors (Lipinski definition) is 7. The Balaban J connectivity index is 1.40. The highest BCUT2D eigenvalue weighted by Gasteiger charge is 2.37. The molecule has 0 amide bonds. The highest BCUT2D eigenvalue weighted by molar-refractivity contribution is 7.53. The molecule has 1 aromatic carbocycles. The first-order chi connectivity index (χ1) is 14.0. The summed E-state index contributed by atoms with van der Waals surface area (Å²) in [4.78, 5) is 10.1. The van der Waals surface area contributed by atoms with Gasteiger partial charge in [0.15, 0.2) is 6.35 Å². The van der Waals surface area contributed by atoms with E-state index in [4.69, 9.17) is 13.8 Å². The monoisotopic (exact) mass is 428 g/mol. The fraction of sp³-hybridized carbons (Fsp3) is 0.333. The topological polar surface area (TPSA) is 70.5 Å². The first-order valence-electron chi connectivity index (χ1n) is 9.55. The van der Waals surface area contributed by atoms with Crippen molar-refractivity contribution in [1.29, 1.82) is 0 Å². The lowest BCUT2D eigenvalue weighted by molar-refractivity contribution is 0.0702. The Hall–Kier alpha value is -2.05. The van der Waals surface area contributed by atoms with Crippen molar-refractivity contribution >= 4 is 18.9 Å². The molecule has 0 bridgehead atoms. The van der Waals surface area contributed by atoms with Gasteiger partial charge in [-0.25, -0.2) is 4.98 Å². The van der Waals surface area contributed by atoms with Crippen molar-refractivity contribution < 1.29 is 18.3 Å². The number of aryl methyl sites for hydroxylation is 1. The van der Waals surface area contributed by atoms with Gasteiger partial charge in [-0.05, 0) is 48.7 Å². The van der Waals surface area contributed by atoms with Crippen LogP contribution in [0.4, 0.5) is 0 Å². The Morgan fingerprint density at radius 2 is 2.21 bits per heavy atom. The fourth-order valence-corrected chi connectivity index (χ4v) is 6.12. The number of rotatable bonds is 4. The third-order valence-corrected chi connectivity index (χ3v) is 7.94. The van der Waals surface area contributed by atoms with Crippen molar-refractivity contribution in [2.24, 2.45) is 0 Å². The summed E-state index contributed by atoms with van der Waals surface area (Å²) >= 11 is 1.66. The molecule has 0 spiro atoms. The number of hydrogen-bond donors (Lipinski definition) is 0. The second kappa shape index (κ2) is 7.33. The van der Waals surface area contributed by atoms with Crippen molar-refractivity contribution in [3.8, 4) is 17.0 Å². The molecule has 2 aliphatic rings. The Bertz CT molecular complexity index is 1120. The molecule has 0 N–H and O–H groups in total. The summed E-state index contributed by atoms with van der Waals surface area (Å²) in [6, 6.07) is 7.61. The highest BCUT2D eigenvalue weighted by atomic mass is 32.1. The van der Waals surface area contributed by atoms with Gasteiger partial charge in [0.1, 0.15) is 11.9 Å². The first-order valence-corrected chi connectivity index (χ1v) is 12.2. The number of pyridine rings is 1. The SMILES string of the molecule is Cc1cc(OC[P@@]2(=O)OCC[C@@H](c3ccccn3)O2)c2c(c1C)Cc1scnc1-2. The minimum atomic E-state index is -3.40. The van der Waals surface area contributed by atoms with Gasteiger partial charge in [-0.3, -0.25) is 14.1 Å². The molecule has 29 heavy (non-hydrogen) atoms. The molecule has 150 valence electrons. The molecule has 8 heteroatoms. The summed E-state index contributed by atoms with van der Waals surface area (Å²) in [6.45, 7) is 4.54. The summed E-state index contributed by atoms with van der Waals surface area (Å²) in [7, 11) is -3.40. The first kappa shape index (κ1) is 18.9. The summed E-state index contributed by atoms with van der Waals surface area (Å²) in [6.07, 6.45) is 2.70. The predicted molar refractivity (Wildman–Crippen MR) is 112 cm³/mol. The van der Waals surface area contributed by atoms with E-state index in [-0.39, 0.29) is 12.5 Å². The van der Waals surface area contributed by atoms with Crippen LogP contribution in [0.2, 0.25) is 0 Å². The van der Waals surface area contributed by atoms with E-state index in [0.29, 0.717) is 18.8 Å². The van der Waals surface area contributed by atoms with Gasteiger partial charge in [0.25, 0.3) is 0 Å². The van der Waals surface area contributed by atoms with E-state index in [2.05, 4.69) is 23.8 Å². The third kappa shape index (κ3) is 3.42. The molecular formula is C21H21N2O4PS. The van der Waals surface area contributed by atoms with Gasteiger partial charge in [0.05, 0.1) is 23.5 Å². The smallest absolute Gasteiger partial charge is 0.368 e. The van der Waals surface area contributed by atoms with Crippen molar-refractivity contribution in [2.45, 2.75) is 32.8 Å². The Morgan fingerprint density at radius 1 is 1.31 bits per heavy atom. The molecule has 3 aromatic rings. The fourth-order valence-electron chi connectivity index (χ4n) is 3.87. The Morgan fingerprint density at radius 3 is 3.03 bits per heavy atom. The average molecular weight is 428 g/mol. The van der Waals surface area contributed by atoms with Crippen LogP contribution in [-0.2, 0) is 20.0 Å². The summed E-state index contributed by atoms with van der Waals surface area (Å²) in [5.74, 6) is 0.690. The lowest BCUT2D eigenvalue weighted by Crippen LogP contribution is -2.18. The summed E-state index contributed by atoms with van der Waals surface area (Å²) in [5.41, 5.74) is 8.24. The van der Waals surface area contributed by atoms with Gasteiger partial charge in [0.2, 0.25) is 0 Å². The maximum atomic E-state index is 13.2.